The van der Waals surface area contributed by atoms with E-state index in [1.165, 1.54) is 23.1 Å². The standard InChI is InChI=1S/C22H21FN6O2/c1-14-8-18(23)19(29-13-16(11-26-29)21(24)30)10-17(14)15-9-20(27-4-6-31-7-5-27)22-25-2-3-28(22)12-15/h2-3,8-13H,4-7H2,1H3,(H2,24,30). The topological polar surface area (TPSA) is 90.7 Å². The average molecular weight is 420 g/mol. The molecule has 3 aromatic heterocycles. The van der Waals surface area contributed by atoms with E-state index < -0.39 is 11.7 Å². The van der Waals surface area contributed by atoms with Crippen molar-refractivity contribution in [3.05, 3.63) is 66.1 Å². The molecule has 4 heterocycles. The van der Waals surface area contributed by atoms with E-state index in [1.54, 1.807) is 12.3 Å². The number of halogens is 1. The maximum Gasteiger partial charge on any atom is 0.251 e. The molecule has 0 radical (unpaired) electrons. The highest BCUT2D eigenvalue weighted by Gasteiger charge is 2.19. The number of hydrogen-bond donors (Lipinski definition) is 1. The molecule has 1 fully saturated rings. The fourth-order valence-electron chi connectivity index (χ4n) is 3.93. The Labute approximate surface area is 177 Å². The number of aromatic nitrogens is 4. The highest BCUT2D eigenvalue weighted by molar-refractivity contribution is 5.92. The first-order valence-corrected chi connectivity index (χ1v) is 9.96. The summed E-state index contributed by atoms with van der Waals surface area (Å²) in [5.74, 6) is -1.04. The van der Waals surface area contributed by atoms with Crippen LogP contribution in [0.3, 0.4) is 0 Å². The van der Waals surface area contributed by atoms with E-state index in [1.807, 2.05) is 23.7 Å². The molecule has 0 atom stereocenters. The maximum atomic E-state index is 14.8. The molecule has 2 N–H and O–H groups in total. The number of amides is 1. The monoisotopic (exact) mass is 420 g/mol. The summed E-state index contributed by atoms with van der Waals surface area (Å²) in [5.41, 5.74) is 10.2. The number of pyridine rings is 1. The van der Waals surface area contributed by atoms with E-state index in [0.29, 0.717) is 13.2 Å². The van der Waals surface area contributed by atoms with Gasteiger partial charge in [-0.3, -0.25) is 4.79 Å². The largest absolute Gasteiger partial charge is 0.378 e. The SMILES string of the molecule is Cc1cc(F)c(-n2cc(C(N)=O)cn2)cc1-c1cc(N2CCOCC2)c2nccn2c1. The fourth-order valence-corrected chi connectivity index (χ4v) is 3.93. The van der Waals surface area contributed by atoms with Gasteiger partial charge in [-0.1, -0.05) is 0 Å². The van der Waals surface area contributed by atoms with Gasteiger partial charge >= 0.3 is 0 Å². The Morgan fingerprint density at radius 1 is 1.16 bits per heavy atom. The van der Waals surface area contributed by atoms with Gasteiger partial charge in [-0.2, -0.15) is 5.10 Å². The number of morpholine rings is 1. The molecule has 31 heavy (non-hydrogen) atoms. The smallest absolute Gasteiger partial charge is 0.251 e. The van der Waals surface area contributed by atoms with Crippen LogP contribution in [0.15, 0.2) is 49.2 Å². The summed E-state index contributed by atoms with van der Waals surface area (Å²) in [4.78, 5) is 18.2. The maximum absolute atomic E-state index is 14.8. The summed E-state index contributed by atoms with van der Waals surface area (Å²) < 4.78 is 23.6. The van der Waals surface area contributed by atoms with E-state index in [-0.39, 0.29) is 11.3 Å². The second-order valence-electron chi connectivity index (χ2n) is 7.53. The molecule has 1 aromatic carbocycles. The minimum Gasteiger partial charge on any atom is -0.378 e. The second-order valence-corrected chi connectivity index (χ2v) is 7.53. The number of rotatable bonds is 4. The lowest BCUT2D eigenvalue weighted by Crippen LogP contribution is -2.36. The van der Waals surface area contributed by atoms with Crippen LogP contribution in [0.25, 0.3) is 22.5 Å². The molecule has 5 rings (SSSR count). The van der Waals surface area contributed by atoms with Crippen molar-refractivity contribution in [3.63, 3.8) is 0 Å². The molecule has 1 aliphatic rings. The Hall–Kier alpha value is -3.72. The van der Waals surface area contributed by atoms with E-state index in [9.17, 15) is 9.18 Å². The lowest BCUT2D eigenvalue weighted by molar-refractivity contribution is 0.1000. The predicted octanol–water partition coefficient (Wildman–Crippen LogP) is 2.57. The predicted molar refractivity (Wildman–Crippen MR) is 114 cm³/mol. The molecular weight excluding hydrogens is 399 g/mol. The van der Waals surface area contributed by atoms with E-state index in [4.69, 9.17) is 10.5 Å². The Kier molecular flexibility index (Phi) is 4.67. The highest BCUT2D eigenvalue weighted by atomic mass is 19.1. The third-order valence-corrected chi connectivity index (χ3v) is 5.54. The number of nitrogens with two attached hydrogens (primary N) is 1. The molecule has 4 aromatic rings. The zero-order chi connectivity index (χ0) is 21.5. The Balaban J connectivity index is 1.65. The van der Waals surface area contributed by atoms with Gasteiger partial charge in [0.25, 0.3) is 5.91 Å². The summed E-state index contributed by atoms with van der Waals surface area (Å²) in [6.07, 6.45) is 8.40. The van der Waals surface area contributed by atoms with Crippen molar-refractivity contribution >= 4 is 17.2 Å². The van der Waals surface area contributed by atoms with Gasteiger partial charge in [-0.15, -0.1) is 0 Å². The van der Waals surface area contributed by atoms with Crippen molar-refractivity contribution in [2.75, 3.05) is 31.2 Å². The normalized spacial score (nSPS) is 14.3. The lowest BCUT2D eigenvalue weighted by Gasteiger charge is -2.29. The van der Waals surface area contributed by atoms with Crippen LogP contribution in [0, 0.1) is 12.7 Å². The molecule has 158 valence electrons. The molecule has 0 aliphatic carbocycles. The van der Waals surface area contributed by atoms with Crippen molar-refractivity contribution in [2.45, 2.75) is 6.92 Å². The first-order chi connectivity index (χ1) is 15.0. The summed E-state index contributed by atoms with van der Waals surface area (Å²) in [6, 6.07) is 5.29. The van der Waals surface area contributed by atoms with Crippen molar-refractivity contribution in [2.24, 2.45) is 5.73 Å². The number of nitrogens with zero attached hydrogens (tertiary/aromatic N) is 5. The summed E-state index contributed by atoms with van der Waals surface area (Å²) in [7, 11) is 0. The molecule has 8 nitrogen and oxygen atoms in total. The summed E-state index contributed by atoms with van der Waals surface area (Å²) in [6.45, 7) is 4.76. The van der Waals surface area contributed by atoms with Crippen molar-refractivity contribution in [1.82, 2.24) is 19.2 Å². The number of primary amides is 1. The van der Waals surface area contributed by atoms with Gasteiger partial charge in [0, 0.05) is 43.4 Å². The number of carbonyl (C=O) groups excluding carboxylic acids is 1. The van der Waals surface area contributed by atoms with Crippen LogP contribution >= 0.6 is 0 Å². The third-order valence-electron chi connectivity index (χ3n) is 5.54. The Morgan fingerprint density at radius 3 is 2.71 bits per heavy atom. The van der Waals surface area contributed by atoms with Crippen LogP contribution in [0.1, 0.15) is 15.9 Å². The van der Waals surface area contributed by atoms with Gasteiger partial charge in [0.1, 0.15) is 11.5 Å². The number of ether oxygens (including phenoxy) is 1. The molecule has 0 bridgehead atoms. The quantitative estimate of drug-likeness (QED) is 0.548. The number of imidazole rings is 1. The number of anilines is 1. The highest BCUT2D eigenvalue weighted by Crippen LogP contribution is 2.33. The molecular formula is C22H21FN6O2. The van der Waals surface area contributed by atoms with Crippen molar-refractivity contribution < 1.29 is 13.9 Å². The number of carbonyl (C=O) groups is 1. The molecule has 9 heteroatoms. The first kappa shape index (κ1) is 19.3. The summed E-state index contributed by atoms with van der Waals surface area (Å²) in [5, 5.41) is 4.10. The first-order valence-electron chi connectivity index (χ1n) is 9.96. The number of fused-ring (bicyclic) bond motifs is 1. The van der Waals surface area contributed by atoms with Gasteiger partial charge in [0.15, 0.2) is 5.65 Å². The van der Waals surface area contributed by atoms with Crippen LogP contribution < -0.4 is 10.6 Å². The number of benzene rings is 1. The van der Waals surface area contributed by atoms with Crippen molar-refractivity contribution in [3.8, 4) is 16.8 Å². The van der Waals surface area contributed by atoms with Gasteiger partial charge in [-0.05, 0) is 36.2 Å². The van der Waals surface area contributed by atoms with Crippen molar-refractivity contribution in [1.29, 1.82) is 0 Å². The van der Waals surface area contributed by atoms with Gasteiger partial charge in [0.2, 0.25) is 0 Å². The molecule has 1 amide bonds. The van der Waals surface area contributed by atoms with Gasteiger partial charge in [-0.25, -0.2) is 14.1 Å². The van der Waals surface area contributed by atoms with Crippen LogP contribution in [-0.4, -0.2) is 51.4 Å². The Bertz CT molecular complexity index is 1290. The van der Waals surface area contributed by atoms with E-state index in [0.717, 1.165) is 41.1 Å². The Morgan fingerprint density at radius 2 is 1.97 bits per heavy atom. The molecule has 0 unspecified atom stereocenters. The van der Waals surface area contributed by atoms with Crippen LogP contribution in [0.5, 0.6) is 0 Å². The van der Waals surface area contributed by atoms with Crippen LogP contribution in [0.2, 0.25) is 0 Å². The van der Waals surface area contributed by atoms with Crippen LogP contribution in [0.4, 0.5) is 10.1 Å². The fraction of sp³-hybridized carbons (Fsp3) is 0.227. The van der Waals surface area contributed by atoms with Crippen LogP contribution in [-0.2, 0) is 4.74 Å². The lowest BCUT2D eigenvalue weighted by atomic mass is 10.00. The number of hydrogen-bond acceptors (Lipinski definition) is 5. The minimum atomic E-state index is -0.611. The van der Waals surface area contributed by atoms with E-state index >= 15 is 0 Å². The summed E-state index contributed by atoms with van der Waals surface area (Å²) >= 11 is 0. The zero-order valence-electron chi connectivity index (χ0n) is 17.0. The number of aryl methyl sites for hydroxylation is 1. The van der Waals surface area contributed by atoms with E-state index in [2.05, 4.69) is 21.0 Å². The molecule has 1 saturated heterocycles. The molecule has 0 saturated carbocycles. The third kappa shape index (κ3) is 3.42. The zero-order valence-corrected chi connectivity index (χ0v) is 17.0. The average Bonchev–Trinajstić information content (AvgIpc) is 3.43. The molecule has 1 aliphatic heterocycles. The molecule has 0 spiro atoms. The van der Waals surface area contributed by atoms with Gasteiger partial charge < -0.3 is 19.8 Å². The van der Waals surface area contributed by atoms with Gasteiger partial charge in [0.05, 0.1) is 30.7 Å². The second kappa shape index (κ2) is 7.51. The minimum absolute atomic E-state index is 0.218.